The predicted octanol–water partition coefficient (Wildman–Crippen LogP) is 3.92. The van der Waals surface area contributed by atoms with E-state index in [-0.39, 0.29) is 23.7 Å². The highest BCUT2D eigenvalue weighted by molar-refractivity contribution is 6.30. The van der Waals surface area contributed by atoms with Crippen LogP contribution in [0.4, 0.5) is 4.39 Å². The van der Waals surface area contributed by atoms with E-state index < -0.39 is 11.7 Å². The normalized spacial score (nSPS) is 19.8. The number of aromatic nitrogens is 3. The number of hydrogen-bond acceptors (Lipinski definition) is 6. The molecule has 0 aliphatic carbocycles. The second-order valence-corrected chi connectivity index (χ2v) is 9.71. The van der Waals surface area contributed by atoms with Crippen molar-refractivity contribution >= 4 is 23.2 Å². The van der Waals surface area contributed by atoms with E-state index in [0.29, 0.717) is 37.9 Å². The van der Waals surface area contributed by atoms with Crippen molar-refractivity contribution in [2.45, 2.75) is 18.6 Å². The molecule has 8 nitrogen and oxygen atoms in total. The molecule has 0 saturated carbocycles. The number of morpholine rings is 1. The fourth-order valence-electron chi connectivity index (χ4n) is 5.27. The molecule has 4 aromatic rings. The number of imidazole rings is 1. The minimum atomic E-state index is -0.662. The summed E-state index contributed by atoms with van der Waals surface area (Å²) in [5, 5.41) is 0.671. The lowest BCUT2D eigenvalue weighted by Gasteiger charge is -2.49. The van der Waals surface area contributed by atoms with Gasteiger partial charge in [0.05, 0.1) is 43.8 Å². The number of ether oxygens (including phenoxy) is 2. The van der Waals surface area contributed by atoms with Gasteiger partial charge in [-0.2, -0.15) is 0 Å². The van der Waals surface area contributed by atoms with Gasteiger partial charge in [-0.05, 0) is 30.3 Å². The van der Waals surface area contributed by atoms with Gasteiger partial charge < -0.3 is 18.8 Å². The Morgan fingerprint density at radius 1 is 1.08 bits per heavy atom. The molecule has 1 aromatic carbocycles. The Morgan fingerprint density at radius 2 is 1.84 bits per heavy atom. The molecule has 2 saturated heterocycles. The standard InChI is InChI=1S/C27H25ClFN5O3/c1-36-24-10-9-21(29)26(31-24)27(35)34-19-12-32(13-20(34)16-37-15-19)14-22-25(17-5-7-18(28)8-6-17)30-23-4-2-3-11-33(22)23/h2-11,19-20H,12-16H2,1H3. The zero-order chi connectivity index (χ0) is 25.5. The van der Waals surface area contributed by atoms with Crippen LogP contribution < -0.4 is 4.74 Å². The number of carbonyl (C=O) groups is 1. The van der Waals surface area contributed by atoms with Gasteiger partial charge in [0.25, 0.3) is 5.91 Å². The Labute approximate surface area is 218 Å². The van der Waals surface area contributed by atoms with Gasteiger partial charge >= 0.3 is 0 Å². The lowest BCUT2D eigenvalue weighted by atomic mass is 10.0. The van der Waals surface area contributed by atoms with Crippen molar-refractivity contribution < 1.29 is 18.7 Å². The maximum Gasteiger partial charge on any atom is 0.276 e. The van der Waals surface area contributed by atoms with Gasteiger partial charge in [-0.3, -0.25) is 9.69 Å². The molecule has 0 radical (unpaired) electrons. The molecule has 2 atom stereocenters. The Kier molecular flexibility index (Phi) is 6.27. The Balaban J connectivity index is 1.29. The summed E-state index contributed by atoms with van der Waals surface area (Å²) >= 11 is 6.13. The summed E-state index contributed by atoms with van der Waals surface area (Å²) in [6, 6.07) is 15.8. The smallest absolute Gasteiger partial charge is 0.276 e. The SMILES string of the molecule is COc1ccc(F)c(C(=O)N2C3COCC2CN(Cc2c(-c4ccc(Cl)cc4)nc4ccccn24)C3)n1. The predicted molar refractivity (Wildman–Crippen MR) is 136 cm³/mol. The molecule has 10 heteroatoms. The number of pyridine rings is 2. The summed E-state index contributed by atoms with van der Waals surface area (Å²) in [4.78, 5) is 26.5. The molecule has 0 N–H and O–H groups in total. The van der Waals surface area contributed by atoms with Crippen LogP contribution in [0.25, 0.3) is 16.9 Å². The molecule has 190 valence electrons. The average Bonchev–Trinajstić information content (AvgIpc) is 3.27. The third-order valence-electron chi connectivity index (χ3n) is 6.93. The molecule has 2 bridgehead atoms. The van der Waals surface area contributed by atoms with E-state index in [1.165, 1.54) is 19.2 Å². The maximum absolute atomic E-state index is 14.6. The van der Waals surface area contributed by atoms with Gasteiger partial charge in [-0.15, -0.1) is 0 Å². The first-order valence-electron chi connectivity index (χ1n) is 12.1. The minimum absolute atomic E-state index is 0.201. The van der Waals surface area contributed by atoms with Crippen LogP contribution in [0.1, 0.15) is 16.2 Å². The first-order chi connectivity index (χ1) is 18.0. The number of nitrogens with zero attached hydrogens (tertiary/aromatic N) is 5. The van der Waals surface area contributed by atoms with Crippen LogP contribution in [0, 0.1) is 5.82 Å². The van der Waals surface area contributed by atoms with E-state index in [1.54, 1.807) is 4.90 Å². The van der Waals surface area contributed by atoms with Crippen LogP contribution in [0.2, 0.25) is 5.02 Å². The van der Waals surface area contributed by atoms with Gasteiger partial charge in [-0.25, -0.2) is 14.4 Å². The van der Waals surface area contributed by atoms with E-state index in [4.69, 9.17) is 26.1 Å². The van der Waals surface area contributed by atoms with E-state index in [2.05, 4.69) is 14.3 Å². The maximum atomic E-state index is 14.6. The third kappa shape index (κ3) is 4.43. The number of methoxy groups -OCH3 is 1. The van der Waals surface area contributed by atoms with Crippen LogP contribution in [-0.2, 0) is 11.3 Å². The number of fused-ring (bicyclic) bond motifs is 3. The van der Waals surface area contributed by atoms with Crippen LogP contribution >= 0.6 is 11.6 Å². The molecule has 6 rings (SSSR count). The van der Waals surface area contributed by atoms with Crippen molar-refractivity contribution in [3.8, 4) is 17.1 Å². The van der Waals surface area contributed by atoms with Gasteiger partial charge in [0.1, 0.15) is 5.65 Å². The summed E-state index contributed by atoms with van der Waals surface area (Å²) in [6.45, 7) is 2.54. The molecule has 5 heterocycles. The molecule has 1 amide bonds. The lowest BCUT2D eigenvalue weighted by molar-refractivity contribution is -0.0819. The van der Waals surface area contributed by atoms with Gasteiger partial charge in [0.15, 0.2) is 11.5 Å². The van der Waals surface area contributed by atoms with Crippen LogP contribution in [-0.4, -0.2) is 75.6 Å². The number of carbonyl (C=O) groups excluding carboxylic acids is 1. The van der Waals surface area contributed by atoms with E-state index in [9.17, 15) is 9.18 Å². The second kappa shape index (κ2) is 9.74. The van der Waals surface area contributed by atoms with Crippen molar-refractivity contribution in [1.29, 1.82) is 0 Å². The minimum Gasteiger partial charge on any atom is -0.481 e. The van der Waals surface area contributed by atoms with Crippen molar-refractivity contribution in [1.82, 2.24) is 24.2 Å². The van der Waals surface area contributed by atoms with Crippen molar-refractivity contribution in [2.75, 3.05) is 33.4 Å². The van der Waals surface area contributed by atoms with E-state index in [0.717, 1.165) is 22.6 Å². The number of hydrogen-bond donors (Lipinski definition) is 0. The van der Waals surface area contributed by atoms with Gasteiger partial charge in [-0.1, -0.05) is 29.8 Å². The summed E-state index contributed by atoms with van der Waals surface area (Å²) in [6.07, 6.45) is 2.01. The zero-order valence-corrected chi connectivity index (χ0v) is 20.9. The summed E-state index contributed by atoms with van der Waals surface area (Å²) < 4.78 is 27.6. The molecule has 37 heavy (non-hydrogen) atoms. The van der Waals surface area contributed by atoms with Gasteiger partial charge in [0.2, 0.25) is 5.88 Å². The second-order valence-electron chi connectivity index (χ2n) is 9.28. The Bertz CT molecular complexity index is 1450. The summed E-state index contributed by atoms with van der Waals surface area (Å²) in [7, 11) is 1.44. The van der Waals surface area contributed by atoms with E-state index >= 15 is 0 Å². The topological polar surface area (TPSA) is 72.2 Å². The molecule has 3 aromatic heterocycles. The largest absolute Gasteiger partial charge is 0.481 e. The molecular formula is C27H25ClFN5O3. The molecule has 0 spiro atoms. The highest BCUT2D eigenvalue weighted by Crippen LogP contribution is 2.30. The summed E-state index contributed by atoms with van der Waals surface area (Å²) in [5.74, 6) is -0.899. The zero-order valence-electron chi connectivity index (χ0n) is 20.2. The average molecular weight is 522 g/mol. The van der Waals surface area contributed by atoms with Crippen molar-refractivity contribution in [3.05, 3.63) is 83.0 Å². The van der Waals surface area contributed by atoms with Crippen molar-refractivity contribution in [3.63, 3.8) is 0 Å². The first kappa shape index (κ1) is 23.8. The fraction of sp³-hybridized carbons (Fsp3) is 0.296. The van der Waals surface area contributed by atoms with Crippen LogP contribution in [0.5, 0.6) is 5.88 Å². The molecule has 2 aliphatic heterocycles. The number of halogens is 2. The molecular weight excluding hydrogens is 497 g/mol. The van der Waals surface area contributed by atoms with Crippen LogP contribution in [0.15, 0.2) is 60.8 Å². The lowest BCUT2D eigenvalue weighted by Crippen LogP contribution is -2.66. The van der Waals surface area contributed by atoms with E-state index in [1.807, 2.05) is 48.7 Å². The van der Waals surface area contributed by atoms with Crippen molar-refractivity contribution in [2.24, 2.45) is 0 Å². The number of benzene rings is 1. The highest BCUT2D eigenvalue weighted by atomic mass is 35.5. The van der Waals surface area contributed by atoms with Gasteiger partial charge in [0, 0.05) is 42.5 Å². The summed E-state index contributed by atoms with van der Waals surface area (Å²) in [5.41, 5.74) is 3.57. The number of piperazine rings is 1. The Hall–Kier alpha value is -3.53. The number of rotatable bonds is 5. The highest BCUT2D eigenvalue weighted by Gasteiger charge is 2.42. The first-order valence-corrected chi connectivity index (χ1v) is 12.4. The molecule has 2 aliphatic rings. The van der Waals surface area contributed by atoms with Crippen LogP contribution in [0.3, 0.4) is 0 Å². The molecule has 2 fully saturated rings. The fourth-order valence-corrected chi connectivity index (χ4v) is 5.40. The number of amides is 1. The quantitative estimate of drug-likeness (QED) is 0.396. The molecule has 2 unspecified atom stereocenters. The third-order valence-corrected chi connectivity index (χ3v) is 7.18. The monoisotopic (exact) mass is 521 g/mol. The Morgan fingerprint density at radius 3 is 2.57 bits per heavy atom.